The Kier molecular flexibility index (Phi) is 6.64. The first-order valence-electron chi connectivity index (χ1n) is 7.20. The van der Waals surface area contributed by atoms with Gasteiger partial charge in [0.25, 0.3) is 0 Å². The minimum atomic E-state index is -3.52. The highest BCUT2D eigenvalue weighted by Crippen LogP contribution is 2.16. The van der Waals surface area contributed by atoms with Gasteiger partial charge in [0.15, 0.2) is 0 Å². The molecule has 1 atom stereocenters. The van der Waals surface area contributed by atoms with Gasteiger partial charge in [-0.15, -0.1) is 0 Å². The van der Waals surface area contributed by atoms with Gasteiger partial charge in [0.2, 0.25) is 10.0 Å². The smallest absolute Gasteiger partial charge is 0.240 e. The molecular formula is C15H26N2O3S. The monoisotopic (exact) mass is 314 g/mol. The van der Waals surface area contributed by atoms with Crippen molar-refractivity contribution in [2.24, 2.45) is 17.6 Å². The summed E-state index contributed by atoms with van der Waals surface area (Å²) in [6.45, 7) is 8.86. The first-order chi connectivity index (χ1) is 9.72. The quantitative estimate of drug-likeness (QED) is 0.769. The van der Waals surface area contributed by atoms with Crippen molar-refractivity contribution in [1.82, 2.24) is 4.72 Å². The van der Waals surface area contributed by atoms with Crippen molar-refractivity contribution in [3.63, 3.8) is 0 Å². The number of hydrogen-bond acceptors (Lipinski definition) is 4. The Morgan fingerprint density at radius 1 is 1.14 bits per heavy atom. The summed E-state index contributed by atoms with van der Waals surface area (Å²) < 4.78 is 32.3. The molecule has 0 aliphatic rings. The van der Waals surface area contributed by atoms with E-state index in [0.29, 0.717) is 18.3 Å². The van der Waals surface area contributed by atoms with Crippen LogP contribution in [0.15, 0.2) is 29.2 Å². The predicted molar refractivity (Wildman–Crippen MR) is 84.8 cm³/mol. The van der Waals surface area contributed by atoms with Gasteiger partial charge in [-0.25, -0.2) is 13.1 Å². The van der Waals surface area contributed by atoms with Crippen molar-refractivity contribution >= 4 is 10.0 Å². The fraction of sp³-hybridized carbons (Fsp3) is 0.600. The summed E-state index contributed by atoms with van der Waals surface area (Å²) in [5.41, 5.74) is 5.85. The summed E-state index contributed by atoms with van der Waals surface area (Å²) in [6.07, 6.45) is 0. The average molecular weight is 314 g/mol. The summed E-state index contributed by atoms with van der Waals surface area (Å²) in [6, 6.07) is 6.21. The number of nitrogens with one attached hydrogen (secondary N) is 1. The molecule has 3 N–H and O–H groups in total. The molecule has 0 aliphatic carbocycles. The van der Waals surface area contributed by atoms with Crippen LogP contribution in [0, 0.1) is 11.8 Å². The molecule has 1 aromatic rings. The lowest BCUT2D eigenvalue weighted by molar-refractivity contribution is 0.271. The molecule has 5 nitrogen and oxygen atoms in total. The third kappa shape index (κ3) is 6.03. The van der Waals surface area contributed by atoms with Crippen molar-refractivity contribution in [2.75, 3.05) is 13.2 Å². The van der Waals surface area contributed by atoms with E-state index in [4.69, 9.17) is 10.5 Å². The van der Waals surface area contributed by atoms with E-state index >= 15 is 0 Å². The standard InChI is InChI=1S/C15H26N2O3S/c1-11(2)10-20-13-5-7-14(8-6-13)21(18,19)17-9-15(16)12(3)4/h5-8,11-12,15,17H,9-10,16H2,1-4H3. The molecule has 1 unspecified atom stereocenters. The SMILES string of the molecule is CC(C)COc1ccc(S(=O)(=O)NCC(N)C(C)C)cc1. The zero-order valence-electron chi connectivity index (χ0n) is 13.2. The molecule has 0 aliphatic heterocycles. The Morgan fingerprint density at radius 3 is 2.19 bits per heavy atom. The highest BCUT2D eigenvalue weighted by atomic mass is 32.2. The summed E-state index contributed by atoms with van der Waals surface area (Å²) in [4.78, 5) is 0.218. The van der Waals surface area contributed by atoms with Crippen LogP contribution in [0.25, 0.3) is 0 Å². The van der Waals surface area contributed by atoms with Gasteiger partial charge in [0, 0.05) is 12.6 Å². The van der Waals surface area contributed by atoms with E-state index in [0.717, 1.165) is 0 Å². The third-order valence-corrected chi connectivity index (χ3v) is 4.52. The highest BCUT2D eigenvalue weighted by Gasteiger charge is 2.16. The minimum absolute atomic E-state index is 0.201. The molecule has 0 heterocycles. The first-order valence-corrected chi connectivity index (χ1v) is 8.69. The second-order valence-electron chi connectivity index (χ2n) is 5.94. The molecule has 1 rings (SSSR count). The molecular weight excluding hydrogens is 288 g/mol. The molecule has 6 heteroatoms. The average Bonchev–Trinajstić information content (AvgIpc) is 2.43. The molecule has 0 amide bonds. The molecule has 0 fully saturated rings. The van der Waals surface area contributed by atoms with Gasteiger partial charge >= 0.3 is 0 Å². The Morgan fingerprint density at radius 2 is 1.71 bits per heavy atom. The number of ether oxygens (including phenoxy) is 1. The van der Waals surface area contributed by atoms with E-state index in [1.807, 2.05) is 13.8 Å². The number of rotatable bonds is 8. The normalized spacial score (nSPS) is 13.7. The van der Waals surface area contributed by atoms with Crippen molar-refractivity contribution in [3.05, 3.63) is 24.3 Å². The van der Waals surface area contributed by atoms with Crippen molar-refractivity contribution < 1.29 is 13.2 Å². The maximum atomic E-state index is 12.1. The zero-order valence-corrected chi connectivity index (χ0v) is 14.0. The lowest BCUT2D eigenvalue weighted by Gasteiger charge is -2.16. The second kappa shape index (κ2) is 7.77. The van der Waals surface area contributed by atoms with Crippen LogP contribution in [0.5, 0.6) is 5.75 Å². The van der Waals surface area contributed by atoms with Gasteiger partial charge in [-0.3, -0.25) is 0 Å². The molecule has 120 valence electrons. The lowest BCUT2D eigenvalue weighted by Crippen LogP contribution is -2.40. The number of benzene rings is 1. The van der Waals surface area contributed by atoms with Gasteiger partial charge in [0.05, 0.1) is 11.5 Å². The molecule has 0 aromatic heterocycles. The summed E-state index contributed by atoms with van der Waals surface area (Å²) in [7, 11) is -3.52. The minimum Gasteiger partial charge on any atom is -0.493 e. The topological polar surface area (TPSA) is 81.4 Å². The van der Waals surface area contributed by atoms with Crippen LogP contribution >= 0.6 is 0 Å². The Labute approximate surface area is 127 Å². The summed E-state index contributed by atoms with van der Waals surface area (Å²) in [5.74, 6) is 1.31. The maximum Gasteiger partial charge on any atom is 0.240 e. The third-order valence-electron chi connectivity index (χ3n) is 3.08. The van der Waals surface area contributed by atoms with Crippen LogP contribution in [0.1, 0.15) is 27.7 Å². The van der Waals surface area contributed by atoms with E-state index in [-0.39, 0.29) is 23.4 Å². The molecule has 0 radical (unpaired) electrons. The molecule has 21 heavy (non-hydrogen) atoms. The lowest BCUT2D eigenvalue weighted by atomic mass is 10.1. The van der Waals surface area contributed by atoms with Crippen LogP contribution in [0.4, 0.5) is 0 Å². The Bertz CT molecular complexity index is 524. The molecule has 0 saturated heterocycles. The van der Waals surface area contributed by atoms with E-state index in [1.54, 1.807) is 24.3 Å². The van der Waals surface area contributed by atoms with Gasteiger partial charge in [0.1, 0.15) is 5.75 Å². The largest absolute Gasteiger partial charge is 0.493 e. The van der Waals surface area contributed by atoms with Crippen LogP contribution in [-0.4, -0.2) is 27.6 Å². The van der Waals surface area contributed by atoms with Crippen molar-refractivity contribution in [1.29, 1.82) is 0 Å². The number of nitrogens with two attached hydrogens (primary N) is 1. The number of sulfonamides is 1. The number of hydrogen-bond donors (Lipinski definition) is 2. The molecule has 1 aromatic carbocycles. The van der Waals surface area contributed by atoms with E-state index in [9.17, 15) is 8.42 Å². The van der Waals surface area contributed by atoms with Crippen LogP contribution in [0.2, 0.25) is 0 Å². The zero-order chi connectivity index (χ0) is 16.0. The fourth-order valence-electron chi connectivity index (χ4n) is 1.50. The van der Waals surface area contributed by atoms with E-state index < -0.39 is 10.0 Å². The first kappa shape index (κ1) is 17.9. The Balaban J connectivity index is 2.67. The molecule has 0 spiro atoms. The van der Waals surface area contributed by atoms with E-state index in [1.165, 1.54) is 0 Å². The van der Waals surface area contributed by atoms with Crippen molar-refractivity contribution in [3.8, 4) is 5.75 Å². The van der Waals surface area contributed by atoms with E-state index in [2.05, 4.69) is 18.6 Å². The van der Waals surface area contributed by atoms with Crippen LogP contribution in [-0.2, 0) is 10.0 Å². The Hall–Kier alpha value is -1.11. The fourth-order valence-corrected chi connectivity index (χ4v) is 2.58. The summed E-state index contributed by atoms with van der Waals surface area (Å²) in [5, 5.41) is 0. The highest BCUT2D eigenvalue weighted by molar-refractivity contribution is 7.89. The maximum absolute atomic E-state index is 12.1. The van der Waals surface area contributed by atoms with Crippen molar-refractivity contribution in [2.45, 2.75) is 38.6 Å². The predicted octanol–water partition coefficient (Wildman–Crippen LogP) is 1.98. The molecule has 0 bridgehead atoms. The van der Waals surface area contributed by atoms with Gasteiger partial charge in [-0.05, 0) is 36.1 Å². The van der Waals surface area contributed by atoms with Gasteiger partial charge in [-0.2, -0.15) is 0 Å². The molecule has 0 saturated carbocycles. The van der Waals surface area contributed by atoms with Crippen LogP contribution in [0.3, 0.4) is 0 Å². The summed E-state index contributed by atoms with van der Waals surface area (Å²) >= 11 is 0. The van der Waals surface area contributed by atoms with Gasteiger partial charge in [-0.1, -0.05) is 27.7 Å². The van der Waals surface area contributed by atoms with Crippen LogP contribution < -0.4 is 15.2 Å². The van der Waals surface area contributed by atoms with Gasteiger partial charge < -0.3 is 10.5 Å². The second-order valence-corrected chi connectivity index (χ2v) is 7.70.